The summed E-state index contributed by atoms with van der Waals surface area (Å²) in [5.41, 5.74) is 7.70. The van der Waals surface area contributed by atoms with Gasteiger partial charge in [0.2, 0.25) is 0 Å². The second-order valence-corrected chi connectivity index (χ2v) is 14.5. The van der Waals surface area contributed by atoms with Gasteiger partial charge in [-0.2, -0.15) is 0 Å². The number of nitrogens with two attached hydrogens (primary N) is 1. The Hall–Kier alpha value is -5.93. The predicted octanol–water partition coefficient (Wildman–Crippen LogP) is 5.15. The number of carbonyl (C=O) groups is 5. The van der Waals surface area contributed by atoms with E-state index >= 15 is 0 Å². The van der Waals surface area contributed by atoms with Gasteiger partial charge in [0.25, 0.3) is 11.8 Å². The minimum atomic E-state index is -0.816. The molecule has 3 N–H and O–H groups in total. The van der Waals surface area contributed by atoms with Gasteiger partial charge in [0.15, 0.2) is 23.0 Å². The number of nitrogen functional groups attached to an aromatic ring is 1. The smallest absolute Gasteiger partial charge is 0.412 e. The van der Waals surface area contributed by atoms with Crippen LogP contribution in [0.3, 0.4) is 0 Å². The van der Waals surface area contributed by atoms with E-state index in [1.807, 2.05) is 0 Å². The van der Waals surface area contributed by atoms with Gasteiger partial charge in [0.05, 0.1) is 63.8 Å². The van der Waals surface area contributed by atoms with E-state index in [2.05, 4.69) is 18.5 Å². The van der Waals surface area contributed by atoms with E-state index in [9.17, 15) is 24.0 Å². The van der Waals surface area contributed by atoms with Crippen molar-refractivity contribution in [3.05, 3.63) is 59.7 Å². The Morgan fingerprint density at radius 1 is 0.804 bits per heavy atom. The number of ether oxygens (including phenoxy) is 7. The van der Waals surface area contributed by atoms with Gasteiger partial charge >= 0.3 is 18.0 Å². The number of benzene rings is 2. The molecule has 0 unspecified atom stereocenters. The molecule has 2 heterocycles. The number of esters is 2. The van der Waals surface area contributed by atoms with E-state index in [1.54, 1.807) is 25.7 Å². The van der Waals surface area contributed by atoms with Crippen LogP contribution in [0.5, 0.6) is 23.0 Å². The Labute approximate surface area is 326 Å². The van der Waals surface area contributed by atoms with Crippen molar-refractivity contribution in [2.24, 2.45) is 0 Å². The summed E-state index contributed by atoms with van der Waals surface area (Å²) in [7, 11) is 4.16. The molecular weight excluding hydrogens is 728 g/mol. The molecule has 2 aromatic rings. The van der Waals surface area contributed by atoms with E-state index in [0.29, 0.717) is 25.0 Å². The first kappa shape index (κ1) is 42.8. The summed E-state index contributed by atoms with van der Waals surface area (Å²) in [4.78, 5) is 67.1. The molecule has 2 fully saturated rings. The van der Waals surface area contributed by atoms with Gasteiger partial charge in [-0.3, -0.25) is 24.5 Å². The second kappa shape index (κ2) is 18.6. The van der Waals surface area contributed by atoms with Crippen molar-refractivity contribution in [2.75, 3.05) is 65.3 Å². The third kappa shape index (κ3) is 11.1. The normalized spacial score (nSPS) is 16.6. The Bertz CT molecular complexity index is 1850. The standard InChI is InChI=1S/C40H52N4O12/c1-23-13-26(15-36(46)52-9)43(20-23)37(47)28-16-32(50-7)34(18-30(28)41)53-11-10-12-54-35-19-31(42-39(49)56-40(4,5)6)29(17-33(35)51-8)38(48)44-21-24(2)14-27(44)22-55-25(3)45/h16-19,26-27H,1-2,10-15,20-22,41H2,3-9H3,(H,42,49)/t26-,27-/m0/s1. The lowest BCUT2D eigenvalue weighted by Crippen LogP contribution is -2.39. The number of hydrogen-bond acceptors (Lipinski definition) is 13. The van der Waals surface area contributed by atoms with E-state index in [4.69, 9.17) is 38.9 Å². The highest BCUT2D eigenvalue weighted by molar-refractivity contribution is 6.04. The first-order valence-corrected chi connectivity index (χ1v) is 18.0. The molecular formula is C40H52N4O12. The highest BCUT2D eigenvalue weighted by Gasteiger charge is 2.36. The molecule has 2 aliphatic rings. The first-order chi connectivity index (χ1) is 26.4. The quantitative estimate of drug-likeness (QED) is 0.0793. The summed E-state index contributed by atoms with van der Waals surface area (Å²) in [5, 5.41) is 2.67. The highest BCUT2D eigenvalue weighted by Crippen LogP contribution is 2.37. The van der Waals surface area contributed by atoms with Gasteiger partial charge in [0, 0.05) is 50.3 Å². The SMILES string of the molecule is C=C1C[C@@H](CC(=O)OC)N(C(=O)c2cc(OC)c(OCCCOc3cc(NC(=O)OC(C)(C)C)c(C(=O)N4CC(=C)C[C@H]4COC(C)=O)cc3OC)cc2N)C1. The Morgan fingerprint density at radius 2 is 1.34 bits per heavy atom. The van der Waals surface area contributed by atoms with Crippen molar-refractivity contribution >= 4 is 41.2 Å². The molecule has 0 aromatic heterocycles. The molecule has 304 valence electrons. The van der Waals surface area contributed by atoms with E-state index in [0.717, 1.165) is 11.1 Å². The summed E-state index contributed by atoms with van der Waals surface area (Å²) in [5.74, 6) is -0.675. The number of methoxy groups -OCH3 is 3. The second-order valence-electron chi connectivity index (χ2n) is 14.5. The Morgan fingerprint density at radius 3 is 1.89 bits per heavy atom. The lowest BCUT2D eigenvalue weighted by atomic mass is 10.1. The molecule has 3 amide bonds. The topological polar surface area (TPSA) is 194 Å². The number of rotatable bonds is 15. The molecule has 16 nitrogen and oxygen atoms in total. The highest BCUT2D eigenvalue weighted by atomic mass is 16.6. The fourth-order valence-electron chi connectivity index (χ4n) is 6.34. The van der Waals surface area contributed by atoms with Crippen molar-refractivity contribution in [3.8, 4) is 23.0 Å². The average Bonchev–Trinajstić information content (AvgIpc) is 3.69. The Kier molecular flexibility index (Phi) is 14.2. The number of likely N-dealkylation sites (tertiary alicyclic amines) is 2. The zero-order chi connectivity index (χ0) is 41.3. The van der Waals surface area contributed by atoms with Gasteiger partial charge in [-0.15, -0.1) is 0 Å². The van der Waals surface area contributed by atoms with Crippen LogP contribution in [-0.2, 0) is 23.8 Å². The molecule has 0 radical (unpaired) electrons. The maximum absolute atomic E-state index is 14.0. The van der Waals surface area contributed by atoms with Gasteiger partial charge in [-0.05, 0) is 45.7 Å². The van der Waals surface area contributed by atoms with Gasteiger partial charge < -0.3 is 48.7 Å². The van der Waals surface area contributed by atoms with Crippen molar-refractivity contribution in [1.29, 1.82) is 0 Å². The summed E-state index contributed by atoms with van der Waals surface area (Å²) in [6.45, 7) is 15.2. The van der Waals surface area contributed by atoms with Crippen LogP contribution in [0.1, 0.15) is 74.1 Å². The third-order valence-electron chi connectivity index (χ3n) is 8.89. The van der Waals surface area contributed by atoms with Crippen LogP contribution in [0.2, 0.25) is 0 Å². The summed E-state index contributed by atoms with van der Waals surface area (Å²) in [6, 6.07) is 5.11. The van der Waals surface area contributed by atoms with Gasteiger partial charge in [-0.1, -0.05) is 24.3 Å². The number of nitrogens with zero attached hydrogens (tertiary/aromatic N) is 2. The molecule has 2 aliphatic heterocycles. The van der Waals surface area contributed by atoms with Crippen molar-refractivity contribution < 1.29 is 57.1 Å². The van der Waals surface area contributed by atoms with Crippen LogP contribution < -0.4 is 30.0 Å². The average molecular weight is 781 g/mol. The molecule has 0 bridgehead atoms. The lowest BCUT2D eigenvalue weighted by molar-refractivity contribution is -0.142. The molecule has 4 rings (SSSR count). The minimum Gasteiger partial charge on any atom is -0.493 e. The monoisotopic (exact) mass is 780 g/mol. The maximum atomic E-state index is 14.0. The number of hydrogen-bond donors (Lipinski definition) is 2. The van der Waals surface area contributed by atoms with Gasteiger partial charge in [-0.25, -0.2) is 4.79 Å². The molecule has 0 saturated carbocycles. The van der Waals surface area contributed by atoms with Crippen LogP contribution in [-0.4, -0.2) is 112 Å². The third-order valence-corrected chi connectivity index (χ3v) is 8.89. The summed E-state index contributed by atoms with van der Waals surface area (Å²) < 4.78 is 38.6. The number of amides is 3. The predicted molar refractivity (Wildman–Crippen MR) is 206 cm³/mol. The first-order valence-electron chi connectivity index (χ1n) is 18.0. The van der Waals surface area contributed by atoms with Crippen LogP contribution in [0.15, 0.2) is 48.6 Å². The largest absolute Gasteiger partial charge is 0.493 e. The van der Waals surface area contributed by atoms with Crippen molar-refractivity contribution in [3.63, 3.8) is 0 Å². The maximum Gasteiger partial charge on any atom is 0.412 e. The van der Waals surface area contributed by atoms with E-state index in [1.165, 1.54) is 57.4 Å². The minimum absolute atomic E-state index is 0.00986. The lowest BCUT2D eigenvalue weighted by Gasteiger charge is -2.26. The number of carbonyl (C=O) groups excluding carboxylic acids is 5. The molecule has 0 spiro atoms. The fraction of sp³-hybridized carbons (Fsp3) is 0.475. The zero-order valence-corrected chi connectivity index (χ0v) is 33.1. The molecule has 56 heavy (non-hydrogen) atoms. The van der Waals surface area contributed by atoms with Crippen LogP contribution in [0.25, 0.3) is 0 Å². The molecule has 0 aliphatic carbocycles. The summed E-state index contributed by atoms with van der Waals surface area (Å²) in [6.07, 6.45) is 0.535. The zero-order valence-electron chi connectivity index (χ0n) is 33.1. The van der Waals surface area contributed by atoms with Crippen LogP contribution >= 0.6 is 0 Å². The molecule has 2 saturated heterocycles. The number of nitrogens with one attached hydrogen (secondary N) is 1. The molecule has 2 aromatic carbocycles. The fourth-order valence-corrected chi connectivity index (χ4v) is 6.34. The van der Waals surface area contributed by atoms with Crippen molar-refractivity contribution in [1.82, 2.24) is 9.80 Å². The molecule has 2 atom stereocenters. The van der Waals surface area contributed by atoms with E-state index < -0.39 is 41.6 Å². The van der Waals surface area contributed by atoms with Crippen LogP contribution in [0, 0.1) is 0 Å². The van der Waals surface area contributed by atoms with E-state index in [-0.39, 0.29) is 85.0 Å². The summed E-state index contributed by atoms with van der Waals surface area (Å²) >= 11 is 0. The van der Waals surface area contributed by atoms with Crippen molar-refractivity contribution in [2.45, 2.75) is 71.1 Å². The number of anilines is 2. The van der Waals surface area contributed by atoms with Gasteiger partial charge in [0.1, 0.15) is 12.2 Å². The Balaban J connectivity index is 1.48. The molecule has 16 heteroatoms. The van der Waals surface area contributed by atoms with Crippen LogP contribution in [0.4, 0.5) is 16.2 Å².